The fraction of sp³-hybridized carbons (Fsp3) is 0.118. The molecule has 106 valence electrons. The third-order valence-corrected chi connectivity index (χ3v) is 4.05. The molecule has 1 heterocycles. The van der Waals surface area contributed by atoms with Crippen molar-refractivity contribution >= 4 is 22.7 Å². The van der Waals surface area contributed by atoms with Crippen LogP contribution in [0.15, 0.2) is 65.7 Å². The van der Waals surface area contributed by atoms with Crippen LogP contribution in [0.3, 0.4) is 0 Å². The quantitative estimate of drug-likeness (QED) is 0.510. The summed E-state index contributed by atoms with van der Waals surface area (Å²) in [5.41, 5.74) is 0.994. The molecular weight excluding hydrogens is 285 g/mol. The largest absolute Gasteiger partial charge is 0.493 e. The maximum Gasteiger partial charge on any atom is 0.126 e. The number of hydrogen-bond acceptors (Lipinski definition) is 3. The summed E-state index contributed by atoms with van der Waals surface area (Å²) in [5, 5.41) is 1.15. The van der Waals surface area contributed by atoms with Gasteiger partial charge in [-0.1, -0.05) is 24.3 Å². The number of ether oxygens (including phenoxy) is 1. The molecule has 0 fully saturated rings. The van der Waals surface area contributed by atoms with Crippen molar-refractivity contribution in [1.29, 1.82) is 0 Å². The van der Waals surface area contributed by atoms with E-state index in [1.807, 2.05) is 30.5 Å². The molecule has 0 aliphatic rings. The first kappa shape index (κ1) is 13.9. The van der Waals surface area contributed by atoms with Crippen LogP contribution >= 0.6 is 11.8 Å². The predicted octanol–water partition coefficient (Wildman–Crippen LogP) is 4.55. The van der Waals surface area contributed by atoms with Crippen LogP contribution in [0.1, 0.15) is 0 Å². The summed E-state index contributed by atoms with van der Waals surface area (Å²) < 4.78 is 18.6. The normalized spacial score (nSPS) is 10.7. The van der Waals surface area contributed by atoms with E-state index >= 15 is 0 Å². The van der Waals surface area contributed by atoms with Gasteiger partial charge in [-0.25, -0.2) is 4.39 Å². The predicted molar refractivity (Wildman–Crippen MR) is 84.4 cm³/mol. The summed E-state index contributed by atoms with van der Waals surface area (Å²) in [6.45, 7) is 0.533. The number of rotatable bonds is 5. The van der Waals surface area contributed by atoms with Gasteiger partial charge >= 0.3 is 0 Å². The Balaban J connectivity index is 1.60. The fourth-order valence-electron chi connectivity index (χ4n) is 2.06. The molecule has 0 radical (unpaired) electrons. The Bertz CT molecular complexity index is 742. The second-order valence-corrected chi connectivity index (χ2v) is 5.62. The van der Waals surface area contributed by atoms with Gasteiger partial charge in [-0.15, -0.1) is 11.8 Å². The second-order valence-electron chi connectivity index (χ2n) is 4.48. The number of nitrogens with zero attached hydrogens (tertiary/aromatic N) is 1. The fourth-order valence-corrected chi connectivity index (χ4v) is 2.94. The maximum absolute atomic E-state index is 13.0. The molecule has 3 aromatic rings. The van der Waals surface area contributed by atoms with Crippen molar-refractivity contribution in [3.8, 4) is 5.75 Å². The molecule has 0 aliphatic heterocycles. The van der Waals surface area contributed by atoms with E-state index in [0.29, 0.717) is 12.4 Å². The van der Waals surface area contributed by atoms with Crippen LogP contribution in [-0.2, 0) is 0 Å². The van der Waals surface area contributed by atoms with Gasteiger partial charge < -0.3 is 4.74 Å². The van der Waals surface area contributed by atoms with Crippen LogP contribution in [0.2, 0.25) is 0 Å². The lowest BCUT2D eigenvalue weighted by Gasteiger charge is -2.07. The lowest BCUT2D eigenvalue weighted by Crippen LogP contribution is -2.00. The number of para-hydroxylation sites is 1. The first-order chi connectivity index (χ1) is 10.3. The second kappa shape index (κ2) is 6.59. The Labute approximate surface area is 127 Å². The first-order valence-electron chi connectivity index (χ1n) is 6.68. The number of fused-ring (bicyclic) bond motifs is 1. The van der Waals surface area contributed by atoms with Crippen LogP contribution in [-0.4, -0.2) is 17.3 Å². The van der Waals surface area contributed by atoms with Gasteiger partial charge in [0, 0.05) is 28.3 Å². The third kappa shape index (κ3) is 3.52. The Morgan fingerprint density at radius 2 is 1.95 bits per heavy atom. The van der Waals surface area contributed by atoms with Crippen LogP contribution < -0.4 is 4.74 Å². The minimum atomic E-state index is -0.278. The molecule has 4 heteroatoms. The minimum absolute atomic E-state index is 0.278. The summed E-state index contributed by atoms with van der Waals surface area (Å²) in [6.07, 6.45) is 1.82. The van der Waals surface area contributed by atoms with Gasteiger partial charge in [-0.2, -0.15) is 0 Å². The molecule has 0 bridgehead atoms. The number of thioether (sulfide) groups is 1. The van der Waals surface area contributed by atoms with Gasteiger partial charge in [0.25, 0.3) is 0 Å². The standard InChI is InChI=1S/C17H14FNOS/c18-13-4-3-5-14(12-13)20-10-11-21-17-8-9-19-16-7-2-1-6-15(16)17/h1-9,12H,10-11H2. The van der Waals surface area contributed by atoms with Gasteiger partial charge in [0.2, 0.25) is 0 Å². The summed E-state index contributed by atoms with van der Waals surface area (Å²) in [6, 6.07) is 16.3. The van der Waals surface area contributed by atoms with Gasteiger partial charge in [-0.3, -0.25) is 4.98 Å². The smallest absolute Gasteiger partial charge is 0.126 e. The van der Waals surface area contributed by atoms with Gasteiger partial charge in [-0.05, 0) is 24.3 Å². The molecule has 21 heavy (non-hydrogen) atoms. The Morgan fingerprint density at radius 1 is 1.05 bits per heavy atom. The van der Waals surface area contributed by atoms with Crippen molar-refractivity contribution in [2.24, 2.45) is 0 Å². The number of hydrogen-bond donors (Lipinski definition) is 0. The minimum Gasteiger partial charge on any atom is -0.493 e. The van der Waals surface area contributed by atoms with E-state index in [0.717, 1.165) is 16.7 Å². The van der Waals surface area contributed by atoms with E-state index in [9.17, 15) is 4.39 Å². The molecule has 3 rings (SSSR count). The van der Waals surface area contributed by atoms with Crippen molar-refractivity contribution in [2.75, 3.05) is 12.4 Å². The lowest BCUT2D eigenvalue weighted by molar-refractivity contribution is 0.342. The zero-order chi connectivity index (χ0) is 14.5. The van der Waals surface area contributed by atoms with Crippen LogP contribution in [0.4, 0.5) is 4.39 Å². The van der Waals surface area contributed by atoms with E-state index in [2.05, 4.69) is 11.1 Å². The SMILES string of the molecule is Fc1cccc(OCCSc2ccnc3ccccc23)c1. The first-order valence-corrected chi connectivity index (χ1v) is 7.66. The summed E-state index contributed by atoms with van der Waals surface area (Å²) in [5.74, 6) is 1.08. The molecule has 0 saturated carbocycles. The zero-order valence-electron chi connectivity index (χ0n) is 11.3. The van der Waals surface area contributed by atoms with E-state index in [1.54, 1.807) is 23.9 Å². The molecule has 0 amide bonds. The number of halogens is 1. The van der Waals surface area contributed by atoms with Crippen molar-refractivity contribution in [3.63, 3.8) is 0 Å². The number of pyridine rings is 1. The average Bonchev–Trinajstić information content (AvgIpc) is 2.52. The Morgan fingerprint density at radius 3 is 2.86 bits per heavy atom. The molecule has 2 nitrogen and oxygen atoms in total. The van der Waals surface area contributed by atoms with Gasteiger partial charge in [0.15, 0.2) is 0 Å². The van der Waals surface area contributed by atoms with Crippen molar-refractivity contribution < 1.29 is 9.13 Å². The van der Waals surface area contributed by atoms with E-state index in [1.165, 1.54) is 17.0 Å². The summed E-state index contributed by atoms with van der Waals surface area (Å²) in [4.78, 5) is 5.52. The van der Waals surface area contributed by atoms with Gasteiger partial charge in [0.05, 0.1) is 12.1 Å². The average molecular weight is 299 g/mol. The molecule has 0 unspecified atom stereocenters. The topological polar surface area (TPSA) is 22.1 Å². The number of aromatic nitrogens is 1. The molecule has 0 aliphatic carbocycles. The highest BCUT2D eigenvalue weighted by Gasteiger charge is 2.02. The highest BCUT2D eigenvalue weighted by Crippen LogP contribution is 2.26. The molecule has 0 atom stereocenters. The molecule has 0 saturated heterocycles. The zero-order valence-corrected chi connectivity index (χ0v) is 12.1. The molecule has 0 spiro atoms. The summed E-state index contributed by atoms with van der Waals surface area (Å²) in [7, 11) is 0. The highest BCUT2D eigenvalue weighted by atomic mass is 32.2. The molecule has 2 aromatic carbocycles. The van der Waals surface area contributed by atoms with Crippen molar-refractivity contribution in [3.05, 3.63) is 66.6 Å². The molecule has 1 aromatic heterocycles. The van der Waals surface area contributed by atoms with Gasteiger partial charge in [0.1, 0.15) is 11.6 Å². The molecular formula is C17H14FNOS. The van der Waals surface area contributed by atoms with E-state index in [4.69, 9.17) is 4.74 Å². The Kier molecular flexibility index (Phi) is 4.36. The third-order valence-electron chi connectivity index (χ3n) is 3.01. The maximum atomic E-state index is 13.0. The monoisotopic (exact) mass is 299 g/mol. The Hall–Kier alpha value is -2.07. The summed E-state index contributed by atoms with van der Waals surface area (Å²) >= 11 is 1.71. The molecule has 0 N–H and O–H groups in total. The van der Waals surface area contributed by atoms with Crippen LogP contribution in [0.25, 0.3) is 10.9 Å². The van der Waals surface area contributed by atoms with Crippen LogP contribution in [0, 0.1) is 5.82 Å². The lowest BCUT2D eigenvalue weighted by atomic mass is 10.2. The van der Waals surface area contributed by atoms with E-state index in [-0.39, 0.29) is 5.82 Å². The van der Waals surface area contributed by atoms with Crippen molar-refractivity contribution in [1.82, 2.24) is 4.98 Å². The highest BCUT2D eigenvalue weighted by molar-refractivity contribution is 7.99. The van der Waals surface area contributed by atoms with E-state index < -0.39 is 0 Å². The number of benzene rings is 2. The van der Waals surface area contributed by atoms with Crippen molar-refractivity contribution in [2.45, 2.75) is 4.90 Å². The van der Waals surface area contributed by atoms with Crippen LogP contribution in [0.5, 0.6) is 5.75 Å².